The molecule has 2 heteroatoms. The molecule has 9 rings (SSSR count). The molecule has 9 aromatic rings. The van der Waals surface area contributed by atoms with E-state index in [1.54, 1.807) is 0 Å². The van der Waals surface area contributed by atoms with E-state index < -0.39 is 0 Å². The Balaban J connectivity index is 1.28. The Morgan fingerprint density at radius 1 is 0.333 bits per heavy atom. The van der Waals surface area contributed by atoms with Crippen molar-refractivity contribution in [2.24, 2.45) is 0 Å². The van der Waals surface area contributed by atoms with Crippen molar-refractivity contribution in [2.45, 2.75) is 0 Å². The molecule has 0 radical (unpaired) electrons. The van der Waals surface area contributed by atoms with Crippen LogP contribution in [0.5, 0.6) is 0 Å². The van der Waals surface area contributed by atoms with Crippen molar-refractivity contribution in [3.05, 3.63) is 188 Å². The quantitative estimate of drug-likeness (QED) is 0.185. The van der Waals surface area contributed by atoms with Gasteiger partial charge in [0.1, 0.15) is 11.2 Å². The highest BCUT2D eigenvalue weighted by atomic mass is 16.3. The standard InChI is InChI=1S/C46H31NO/c1-2-15-33(16-3-1)37-18-6-7-19-38(37)39-20-8-9-21-40(39)41-22-10-12-24-44(41)47(35-27-26-32-14-4-5-17-34(32)30-35)36-28-29-46-43(31-36)42-23-11-13-25-45(42)48-46/h1-31H. The van der Waals surface area contributed by atoms with Crippen LogP contribution >= 0.6 is 0 Å². The van der Waals surface area contributed by atoms with Gasteiger partial charge in [0.25, 0.3) is 0 Å². The fourth-order valence-corrected chi connectivity index (χ4v) is 7.03. The van der Waals surface area contributed by atoms with Crippen molar-refractivity contribution >= 4 is 49.8 Å². The van der Waals surface area contributed by atoms with Crippen molar-refractivity contribution in [2.75, 3.05) is 4.90 Å². The second-order valence-electron chi connectivity index (χ2n) is 12.1. The van der Waals surface area contributed by atoms with Gasteiger partial charge in [0.05, 0.1) is 5.69 Å². The Kier molecular flexibility index (Phi) is 6.84. The lowest BCUT2D eigenvalue weighted by Crippen LogP contribution is -2.11. The second-order valence-corrected chi connectivity index (χ2v) is 12.1. The zero-order chi connectivity index (χ0) is 31.9. The minimum Gasteiger partial charge on any atom is -0.456 e. The van der Waals surface area contributed by atoms with Gasteiger partial charge in [0.2, 0.25) is 0 Å². The first kappa shape index (κ1) is 27.9. The van der Waals surface area contributed by atoms with Gasteiger partial charge in [0, 0.05) is 27.7 Å². The average Bonchev–Trinajstić information content (AvgIpc) is 3.54. The molecule has 0 bridgehead atoms. The molecular weight excluding hydrogens is 583 g/mol. The number of hydrogen-bond acceptors (Lipinski definition) is 2. The highest BCUT2D eigenvalue weighted by molar-refractivity contribution is 6.07. The van der Waals surface area contributed by atoms with Crippen LogP contribution in [0.25, 0.3) is 66.1 Å². The molecular formula is C46H31NO. The fourth-order valence-electron chi connectivity index (χ4n) is 7.03. The van der Waals surface area contributed by atoms with Gasteiger partial charge in [-0.2, -0.15) is 0 Å². The third-order valence-corrected chi connectivity index (χ3v) is 9.27. The SMILES string of the molecule is c1ccc(-c2ccccc2-c2ccccc2-c2ccccc2N(c2ccc3ccccc3c2)c2ccc3oc4ccccc4c3c2)cc1. The number of nitrogens with zero attached hydrogens (tertiary/aromatic N) is 1. The molecule has 0 spiro atoms. The summed E-state index contributed by atoms with van der Waals surface area (Å²) in [7, 11) is 0. The molecule has 0 aliphatic carbocycles. The highest BCUT2D eigenvalue weighted by Crippen LogP contribution is 2.46. The van der Waals surface area contributed by atoms with Crippen LogP contribution in [0.3, 0.4) is 0 Å². The highest BCUT2D eigenvalue weighted by Gasteiger charge is 2.21. The van der Waals surface area contributed by atoms with Crippen molar-refractivity contribution in [3.63, 3.8) is 0 Å². The van der Waals surface area contributed by atoms with Gasteiger partial charge in [-0.05, 0) is 81.1 Å². The number of rotatable bonds is 6. The third-order valence-electron chi connectivity index (χ3n) is 9.27. The predicted molar refractivity (Wildman–Crippen MR) is 202 cm³/mol. The average molecular weight is 614 g/mol. The number of benzene rings is 8. The summed E-state index contributed by atoms with van der Waals surface area (Å²) < 4.78 is 6.24. The molecule has 226 valence electrons. The van der Waals surface area contributed by atoms with E-state index in [0.29, 0.717) is 0 Å². The lowest BCUT2D eigenvalue weighted by molar-refractivity contribution is 0.669. The normalized spacial score (nSPS) is 11.3. The van der Waals surface area contributed by atoms with Crippen molar-refractivity contribution in [3.8, 4) is 33.4 Å². The van der Waals surface area contributed by atoms with Crippen LogP contribution in [0.1, 0.15) is 0 Å². The summed E-state index contributed by atoms with van der Waals surface area (Å²) in [6.07, 6.45) is 0. The Morgan fingerprint density at radius 2 is 0.875 bits per heavy atom. The van der Waals surface area contributed by atoms with Gasteiger partial charge in [-0.1, -0.05) is 146 Å². The van der Waals surface area contributed by atoms with E-state index in [1.807, 2.05) is 12.1 Å². The summed E-state index contributed by atoms with van der Waals surface area (Å²) in [5.74, 6) is 0. The molecule has 1 heterocycles. The number of furan rings is 1. The van der Waals surface area contributed by atoms with Gasteiger partial charge in [0.15, 0.2) is 0 Å². The number of fused-ring (bicyclic) bond motifs is 4. The van der Waals surface area contributed by atoms with Crippen LogP contribution in [0.2, 0.25) is 0 Å². The molecule has 0 amide bonds. The molecule has 0 aliphatic rings. The van der Waals surface area contributed by atoms with Gasteiger partial charge in [-0.15, -0.1) is 0 Å². The summed E-state index contributed by atoms with van der Waals surface area (Å²) in [5, 5.41) is 4.63. The summed E-state index contributed by atoms with van der Waals surface area (Å²) in [6.45, 7) is 0. The Labute approximate surface area is 279 Å². The zero-order valence-corrected chi connectivity index (χ0v) is 26.3. The molecule has 0 aliphatic heterocycles. The molecule has 0 atom stereocenters. The van der Waals surface area contributed by atoms with E-state index in [1.165, 1.54) is 38.6 Å². The maximum atomic E-state index is 6.24. The van der Waals surface area contributed by atoms with E-state index >= 15 is 0 Å². The summed E-state index contributed by atoms with van der Waals surface area (Å²) >= 11 is 0. The number of anilines is 3. The van der Waals surface area contributed by atoms with Crippen LogP contribution in [0.4, 0.5) is 17.1 Å². The first-order chi connectivity index (χ1) is 23.8. The second kappa shape index (κ2) is 11.8. The fraction of sp³-hybridized carbons (Fsp3) is 0. The molecule has 2 nitrogen and oxygen atoms in total. The predicted octanol–water partition coefficient (Wildman–Crippen LogP) is 13.2. The summed E-state index contributed by atoms with van der Waals surface area (Å²) in [6, 6.07) is 67.0. The maximum Gasteiger partial charge on any atom is 0.135 e. The topological polar surface area (TPSA) is 16.4 Å². The molecule has 0 saturated carbocycles. The lowest BCUT2D eigenvalue weighted by atomic mass is 9.88. The molecule has 0 unspecified atom stereocenters. The van der Waals surface area contributed by atoms with E-state index in [4.69, 9.17) is 4.42 Å². The van der Waals surface area contributed by atoms with Crippen LogP contribution < -0.4 is 4.90 Å². The van der Waals surface area contributed by atoms with E-state index in [9.17, 15) is 0 Å². The molecule has 8 aromatic carbocycles. The molecule has 0 N–H and O–H groups in total. The zero-order valence-electron chi connectivity index (χ0n) is 26.3. The third kappa shape index (κ3) is 4.83. The Hall–Kier alpha value is -6.38. The first-order valence-electron chi connectivity index (χ1n) is 16.4. The minimum atomic E-state index is 0.884. The van der Waals surface area contributed by atoms with Gasteiger partial charge >= 0.3 is 0 Å². The smallest absolute Gasteiger partial charge is 0.135 e. The summed E-state index contributed by atoms with van der Waals surface area (Å²) in [5.41, 5.74) is 12.2. The molecule has 1 aromatic heterocycles. The Bertz CT molecular complexity index is 2580. The minimum absolute atomic E-state index is 0.884. The van der Waals surface area contributed by atoms with Crippen LogP contribution in [-0.4, -0.2) is 0 Å². The van der Waals surface area contributed by atoms with E-state index in [2.05, 4.69) is 181 Å². The lowest BCUT2D eigenvalue weighted by Gasteiger charge is -2.29. The van der Waals surface area contributed by atoms with Crippen molar-refractivity contribution in [1.82, 2.24) is 0 Å². The van der Waals surface area contributed by atoms with Crippen molar-refractivity contribution in [1.29, 1.82) is 0 Å². The van der Waals surface area contributed by atoms with Crippen LogP contribution in [0.15, 0.2) is 192 Å². The van der Waals surface area contributed by atoms with Gasteiger partial charge < -0.3 is 9.32 Å². The van der Waals surface area contributed by atoms with E-state index in [-0.39, 0.29) is 0 Å². The number of hydrogen-bond donors (Lipinski definition) is 0. The van der Waals surface area contributed by atoms with Gasteiger partial charge in [-0.3, -0.25) is 0 Å². The first-order valence-corrected chi connectivity index (χ1v) is 16.4. The maximum absolute atomic E-state index is 6.24. The summed E-state index contributed by atoms with van der Waals surface area (Å²) in [4.78, 5) is 2.39. The van der Waals surface area contributed by atoms with Crippen molar-refractivity contribution < 1.29 is 4.42 Å². The Morgan fingerprint density at radius 3 is 1.69 bits per heavy atom. The largest absolute Gasteiger partial charge is 0.456 e. The number of para-hydroxylation sites is 2. The van der Waals surface area contributed by atoms with E-state index in [0.717, 1.165) is 44.6 Å². The van der Waals surface area contributed by atoms with Crippen LogP contribution in [0, 0.1) is 0 Å². The van der Waals surface area contributed by atoms with Crippen LogP contribution in [-0.2, 0) is 0 Å². The molecule has 0 fully saturated rings. The van der Waals surface area contributed by atoms with Gasteiger partial charge in [-0.25, -0.2) is 0 Å². The molecule has 48 heavy (non-hydrogen) atoms. The monoisotopic (exact) mass is 613 g/mol. The molecule has 0 saturated heterocycles.